The molecule has 1 amide bonds. The molecule has 0 N–H and O–H groups in total. The lowest BCUT2D eigenvalue weighted by Crippen LogP contribution is -2.41. The minimum absolute atomic E-state index is 0.0226. The summed E-state index contributed by atoms with van der Waals surface area (Å²) in [5.74, 6) is 1.07. The van der Waals surface area contributed by atoms with Crippen molar-refractivity contribution in [1.82, 2.24) is 15.1 Å². The second-order valence-electron chi connectivity index (χ2n) is 6.37. The maximum Gasteiger partial charge on any atom is 0.277 e. The molecule has 146 valence electrons. The lowest BCUT2D eigenvalue weighted by atomic mass is 10.2. The predicted molar refractivity (Wildman–Crippen MR) is 101 cm³/mol. The average Bonchev–Trinajstić information content (AvgIpc) is 3.26. The van der Waals surface area contributed by atoms with Gasteiger partial charge < -0.3 is 14.1 Å². The summed E-state index contributed by atoms with van der Waals surface area (Å²) in [6, 6.07) is 6.93. The Morgan fingerprint density at radius 2 is 2.04 bits per heavy atom. The summed E-state index contributed by atoms with van der Waals surface area (Å²) >= 11 is 1.16. The highest BCUT2D eigenvalue weighted by molar-refractivity contribution is 8.00. The first kappa shape index (κ1) is 19.7. The molecule has 1 aromatic heterocycles. The van der Waals surface area contributed by atoms with Crippen molar-refractivity contribution < 1.29 is 22.4 Å². The molecule has 0 unspecified atom stereocenters. The van der Waals surface area contributed by atoms with E-state index in [4.69, 9.17) is 9.15 Å². The number of carbonyl (C=O) groups is 1. The predicted octanol–water partition coefficient (Wildman–Crippen LogP) is 1.87. The van der Waals surface area contributed by atoms with Crippen LogP contribution in [0.2, 0.25) is 0 Å². The number of nitrogens with zero attached hydrogens (tertiary/aromatic N) is 3. The minimum Gasteiger partial charge on any atom is -0.497 e. The van der Waals surface area contributed by atoms with Gasteiger partial charge >= 0.3 is 0 Å². The molecule has 0 aliphatic carbocycles. The Hall–Kier alpha value is -2.07. The van der Waals surface area contributed by atoms with E-state index in [1.165, 1.54) is 4.90 Å². The van der Waals surface area contributed by atoms with Crippen LogP contribution < -0.4 is 4.74 Å². The molecule has 0 saturated carbocycles. The van der Waals surface area contributed by atoms with E-state index >= 15 is 0 Å². The highest BCUT2D eigenvalue weighted by Crippen LogP contribution is 2.28. The first-order valence-electron chi connectivity index (χ1n) is 8.41. The molecule has 1 saturated heterocycles. The molecule has 0 bridgehead atoms. The molecule has 0 radical (unpaired) electrons. The highest BCUT2D eigenvalue weighted by Gasteiger charge is 2.34. The van der Waals surface area contributed by atoms with E-state index in [1.807, 2.05) is 12.1 Å². The van der Waals surface area contributed by atoms with Gasteiger partial charge in [0, 0.05) is 18.7 Å². The van der Waals surface area contributed by atoms with Gasteiger partial charge in [-0.25, -0.2) is 8.42 Å². The normalized spacial score (nSPS) is 19.6. The van der Waals surface area contributed by atoms with Crippen molar-refractivity contribution in [1.29, 1.82) is 0 Å². The highest BCUT2D eigenvalue weighted by atomic mass is 32.2. The first-order chi connectivity index (χ1) is 12.8. The molecular weight excluding hydrogens is 390 g/mol. The van der Waals surface area contributed by atoms with Crippen LogP contribution in [0.4, 0.5) is 0 Å². The minimum atomic E-state index is -3.04. The van der Waals surface area contributed by atoms with Gasteiger partial charge in [-0.2, -0.15) is 0 Å². The average molecular weight is 412 g/mol. The number of carbonyl (C=O) groups excluding carboxylic acids is 1. The molecule has 1 fully saturated rings. The lowest BCUT2D eigenvalue weighted by molar-refractivity contribution is -0.130. The van der Waals surface area contributed by atoms with Gasteiger partial charge in [0.15, 0.2) is 9.84 Å². The number of ether oxygens (including phenoxy) is 1. The van der Waals surface area contributed by atoms with Gasteiger partial charge in [-0.15, -0.1) is 10.2 Å². The third-order valence-corrected chi connectivity index (χ3v) is 7.14. The monoisotopic (exact) mass is 411 g/mol. The second-order valence-corrected chi connectivity index (χ2v) is 9.89. The fraction of sp³-hybridized carbons (Fsp3) is 0.471. The summed E-state index contributed by atoms with van der Waals surface area (Å²) in [4.78, 5) is 14.1. The third-order valence-electron chi connectivity index (χ3n) is 4.47. The van der Waals surface area contributed by atoms with Gasteiger partial charge in [-0.05, 0) is 37.6 Å². The summed E-state index contributed by atoms with van der Waals surface area (Å²) in [6.07, 6.45) is 0.476. The van der Waals surface area contributed by atoms with E-state index in [9.17, 15) is 13.2 Å². The summed E-state index contributed by atoms with van der Waals surface area (Å²) in [6.45, 7) is 1.74. The topological polar surface area (TPSA) is 103 Å². The third kappa shape index (κ3) is 4.62. The van der Waals surface area contributed by atoms with Gasteiger partial charge in [-0.3, -0.25) is 4.79 Å². The van der Waals surface area contributed by atoms with Crippen molar-refractivity contribution in [2.45, 2.75) is 29.9 Å². The van der Waals surface area contributed by atoms with Crippen LogP contribution in [0.3, 0.4) is 0 Å². The summed E-state index contributed by atoms with van der Waals surface area (Å²) < 4.78 is 34.0. The second kappa shape index (κ2) is 7.89. The number of thioether (sulfide) groups is 1. The maximum atomic E-state index is 12.6. The Bertz CT molecular complexity index is 911. The molecule has 1 aliphatic heterocycles. The molecule has 3 rings (SSSR count). The summed E-state index contributed by atoms with van der Waals surface area (Å²) in [5.41, 5.74) is 0.752. The smallest absolute Gasteiger partial charge is 0.277 e. The zero-order chi connectivity index (χ0) is 19.6. The zero-order valence-corrected chi connectivity index (χ0v) is 16.9. The van der Waals surface area contributed by atoms with E-state index in [0.717, 1.165) is 23.1 Å². The lowest BCUT2D eigenvalue weighted by Gasteiger charge is -2.25. The van der Waals surface area contributed by atoms with Gasteiger partial charge in [0.1, 0.15) is 5.75 Å². The Morgan fingerprint density at radius 1 is 1.33 bits per heavy atom. The zero-order valence-electron chi connectivity index (χ0n) is 15.3. The molecule has 2 heterocycles. The van der Waals surface area contributed by atoms with Crippen molar-refractivity contribution in [3.63, 3.8) is 0 Å². The Kier molecular flexibility index (Phi) is 5.75. The fourth-order valence-electron chi connectivity index (χ4n) is 2.86. The van der Waals surface area contributed by atoms with Crippen LogP contribution in [0.1, 0.15) is 13.3 Å². The number of rotatable bonds is 6. The number of aromatic nitrogens is 2. The number of amides is 1. The fourth-order valence-corrected chi connectivity index (χ4v) is 5.42. The summed E-state index contributed by atoms with van der Waals surface area (Å²) in [7, 11) is 0.189. The number of methoxy groups -OCH3 is 1. The van der Waals surface area contributed by atoms with Gasteiger partial charge in [0.05, 0.1) is 23.9 Å². The van der Waals surface area contributed by atoms with E-state index in [0.29, 0.717) is 12.3 Å². The van der Waals surface area contributed by atoms with Crippen molar-refractivity contribution in [2.75, 3.05) is 25.7 Å². The van der Waals surface area contributed by atoms with Crippen LogP contribution >= 0.6 is 11.8 Å². The van der Waals surface area contributed by atoms with E-state index in [1.54, 1.807) is 33.2 Å². The number of sulfone groups is 1. The summed E-state index contributed by atoms with van der Waals surface area (Å²) in [5, 5.41) is 7.82. The molecule has 1 aliphatic rings. The van der Waals surface area contributed by atoms with Crippen molar-refractivity contribution in [2.24, 2.45) is 0 Å². The molecule has 8 nitrogen and oxygen atoms in total. The molecule has 2 aromatic rings. The number of hydrogen-bond acceptors (Lipinski definition) is 8. The Morgan fingerprint density at radius 3 is 2.63 bits per heavy atom. The van der Waals surface area contributed by atoms with Gasteiger partial charge in [0.2, 0.25) is 11.8 Å². The standard InChI is InChI=1S/C17H21N3O5S2/c1-11(16(21)20(2)13-8-9-27(22,23)10-13)26-17-19-18-15(25-17)12-4-6-14(24-3)7-5-12/h4-7,11,13H,8-10H2,1-3H3/t11-,13-/m0/s1. The van der Waals surface area contributed by atoms with Crippen LogP contribution in [0, 0.1) is 0 Å². The van der Waals surface area contributed by atoms with E-state index in [-0.39, 0.29) is 28.7 Å². The molecule has 27 heavy (non-hydrogen) atoms. The van der Waals surface area contributed by atoms with Crippen molar-refractivity contribution in [3.05, 3.63) is 24.3 Å². The van der Waals surface area contributed by atoms with Crippen molar-refractivity contribution in [3.8, 4) is 17.2 Å². The Labute approximate surface area is 162 Å². The van der Waals surface area contributed by atoms with Crippen LogP contribution in [-0.4, -0.2) is 66.4 Å². The maximum absolute atomic E-state index is 12.6. The SMILES string of the molecule is COc1ccc(-c2nnc(S[C@@H](C)C(=O)N(C)[C@H]3CCS(=O)(=O)C3)o2)cc1. The van der Waals surface area contributed by atoms with E-state index < -0.39 is 15.1 Å². The van der Waals surface area contributed by atoms with E-state index in [2.05, 4.69) is 10.2 Å². The molecular formula is C17H21N3O5S2. The Balaban J connectivity index is 1.63. The number of hydrogen-bond donors (Lipinski definition) is 0. The first-order valence-corrected chi connectivity index (χ1v) is 11.1. The molecule has 2 atom stereocenters. The molecule has 1 aromatic carbocycles. The van der Waals surface area contributed by atoms with Gasteiger partial charge in [0.25, 0.3) is 5.22 Å². The quantitative estimate of drug-likeness (QED) is 0.664. The molecule has 0 spiro atoms. The van der Waals surface area contributed by atoms with Crippen LogP contribution in [0.5, 0.6) is 5.75 Å². The van der Waals surface area contributed by atoms with Crippen LogP contribution in [-0.2, 0) is 14.6 Å². The largest absolute Gasteiger partial charge is 0.497 e. The number of benzene rings is 1. The van der Waals surface area contributed by atoms with Crippen LogP contribution in [0.25, 0.3) is 11.5 Å². The van der Waals surface area contributed by atoms with Crippen molar-refractivity contribution >= 4 is 27.5 Å². The molecule has 10 heteroatoms. The van der Waals surface area contributed by atoms with Gasteiger partial charge in [-0.1, -0.05) is 11.8 Å². The van der Waals surface area contributed by atoms with Crippen LogP contribution in [0.15, 0.2) is 33.9 Å².